The summed E-state index contributed by atoms with van der Waals surface area (Å²) in [6, 6.07) is 0. The molecular formula is C41H74O6. The first-order valence-corrected chi connectivity index (χ1v) is 19.8. The molecule has 0 saturated carbocycles. The average molecular weight is 663 g/mol. The van der Waals surface area contributed by atoms with Crippen LogP contribution in [0.3, 0.4) is 0 Å². The third-order valence-electron chi connectivity index (χ3n) is 8.47. The Morgan fingerprint density at radius 3 is 1.28 bits per heavy atom. The minimum Gasteiger partial charge on any atom is -0.462 e. The molecule has 0 aromatic heterocycles. The normalized spacial score (nSPS) is 12.1. The number of ether oxygens (including phenoxy) is 3. The molecule has 1 atom stereocenters. The van der Waals surface area contributed by atoms with Gasteiger partial charge in [0.1, 0.15) is 13.2 Å². The molecule has 0 bridgehead atoms. The molecule has 0 N–H and O–H groups in total. The van der Waals surface area contributed by atoms with Crippen molar-refractivity contribution in [2.45, 2.75) is 207 Å². The SMILES string of the molecule is CC/C=C\C/C=C\CCCCC(=O)OCC(COC(=O)CCCCCCCCCCCC)OC(=O)CCCCCCCCCCCC. The zero-order valence-corrected chi connectivity index (χ0v) is 31.0. The van der Waals surface area contributed by atoms with Crippen molar-refractivity contribution in [3.8, 4) is 0 Å². The largest absolute Gasteiger partial charge is 0.462 e. The summed E-state index contributed by atoms with van der Waals surface area (Å²) in [6.07, 6.45) is 37.4. The van der Waals surface area contributed by atoms with Gasteiger partial charge in [-0.1, -0.05) is 161 Å². The predicted octanol–water partition coefficient (Wildman–Crippen LogP) is 12.1. The van der Waals surface area contributed by atoms with Crippen LogP contribution in [0.2, 0.25) is 0 Å². The molecule has 0 saturated heterocycles. The second-order valence-electron chi connectivity index (χ2n) is 13.2. The maximum Gasteiger partial charge on any atom is 0.306 e. The number of hydrogen-bond acceptors (Lipinski definition) is 6. The summed E-state index contributed by atoms with van der Waals surface area (Å²) in [5, 5.41) is 0. The Kier molecular flexibility index (Phi) is 35.1. The molecule has 6 nitrogen and oxygen atoms in total. The van der Waals surface area contributed by atoms with Gasteiger partial charge in [0.05, 0.1) is 0 Å². The molecule has 0 aromatic rings. The molecule has 0 aliphatic carbocycles. The van der Waals surface area contributed by atoms with Crippen molar-refractivity contribution in [3.05, 3.63) is 24.3 Å². The summed E-state index contributed by atoms with van der Waals surface area (Å²) >= 11 is 0. The molecule has 0 amide bonds. The number of unbranched alkanes of at least 4 members (excludes halogenated alkanes) is 20. The molecule has 0 radical (unpaired) electrons. The highest BCUT2D eigenvalue weighted by Crippen LogP contribution is 2.14. The van der Waals surface area contributed by atoms with Gasteiger partial charge in [-0.3, -0.25) is 14.4 Å². The highest BCUT2D eigenvalue weighted by Gasteiger charge is 2.19. The van der Waals surface area contributed by atoms with E-state index < -0.39 is 6.10 Å². The monoisotopic (exact) mass is 663 g/mol. The Morgan fingerprint density at radius 2 is 0.830 bits per heavy atom. The molecule has 47 heavy (non-hydrogen) atoms. The predicted molar refractivity (Wildman–Crippen MR) is 196 cm³/mol. The van der Waals surface area contributed by atoms with Crippen LogP contribution in [0.1, 0.15) is 201 Å². The van der Waals surface area contributed by atoms with E-state index in [4.69, 9.17) is 14.2 Å². The van der Waals surface area contributed by atoms with Crippen molar-refractivity contribution in [2.24, 2.45) is 0 Å². The van der Waals surface area contributed by atoms with Crippen LogP contribution in [0.15, 0.2) is 24.3 Å². The van der Waals surface area contributed by atoms with Crippen LogP contribution < -0.4 is 0 Å². The summed E-state index contributed by atoms with van der Waals surface area (Å²) in [5.74, 6) is -0.922. The van der Waals surface area contributed by atoms with E-state index in [1.54, 1.807) is 0 Å². The molecule has 0 heterocycles. The number of carbonyl (C=O) groups is 3. The lowest BCUT2D eigenvalue weighted by atomic mass is 10.1. The van der Waals surface area contributed by atoms with Crippen molar-refractivity contribution in [3.63, 3.8) is 0 Å². The van der Waals surface area contributed by atoms with Crippen LogP contribution in [-0.2, 0) is 28.6 Å². The molecule has 1 unspecified atom stereocenters. The third-order valence-corrected chi connectivity index (χ3v) is 8.47. The van der Waals surface area contributed by atoms with Gasteiger partial charge in [-0.05, 0) is 44.9 Å². The third kappa shape index (κ3) is 35.0. The van der Waals surface area contributed by atoms with Crippen LogP contribution in [-0.4, -0.2) is 37.2 Å². The summed E-state index contributed by atoms with van der Waals surface area (Å²) in [6.45, 7) is 6.44. The van der Waals surface area contributed by atoms with E-state index in [0.717, 1.165) is 70.6 Å². The van der Waals surface area contributed by atoms with Gasteiger partial charge in [-0.25, -0.2) is 0 Å². The number of esters is 3. The molecule has 274 valence electrons. The first-order chi connectivity index (χ1) is 23.0. The number of rotatable bonds is 35. The standard InChI is InChI=1S/C41H74O6/c1-4-7-10-13-16-19-22-25-28-31-34-40(43)46-37-38(36-45-39(42)33-30-27-24-21-18-15-12-9-6-3)47-41(44)35-32-29-26-23-20-17-14-11-8-5-2/h9,12,18,21,38H,4-8,10-11,13-17,19-20,22-37H2,1-3H3/b12-9-,21-18-. The van der Waals surface area contributed by atoms with Crippen molar-refractivity contribution >= 4 is 17.9 Å². The summed E-state index contributed by atoms with van der Waals surface area (Å²) < 4.78 is 16.5. The van der Waals surface area contributed by atoms with E-state index in [2.05, 4.69) is 45.1 Å². The van der Waals surface area contributed by atoms with Crippen LogP contribution in [0, 0.1) is 0 Å². The minimum absolute atomic E-state index is 0.0785. The topological polar surface area (TPSA) is 78.9 Å². The average Bonchev–Trinajstić information content (AvgIpc) is 3.06. The smallest absolute Gasteiger partial charge is 0.306 e. The van der Waals surface area contributed by atoms with E-state index in [-0.39, 0.29) is 31.1 Å². The lowest BCUT2D eigenvalue weighted by molar-refractivity contribution is -0.167. The fourth-order valence-corrected chi connectivity index (χ4v) is 5.48. The van der Waals surface area contributed by atoms with Crippen molar-refractivity contribution in [1.82, 2.24) is 0 Å². The molecule has 6 heteroatoms. The maximum atomic E-state index is 12.6. The van der Waals surface area contributed by atoms with Gasteiger partial charge in [0.2, 0.25) is 0 Å². The number of allylic oxidation sites excluding steroid dienone is 4. The Hall–Kier alpha value is -2.11. The highest BCUT2D eigenvalue weighted by atomic mass is 16.6. The second-order valence-corrected chi connectivity index (χ2v) is 13.2. The highest BCUT2D eigenvalue weighted by molar-refractivity contribution is 5.71. The maximum absolute atomic E-state index is 12.6. The number of hydrogen-bond donors (Lipinski definition) is 0. The Bertz CT molecular complexity index is 774. The van der Waals surface area contributed by atoms with Crippen molar-refractivity contribution in [1.29, 1.82) is 0 Å². The van der Waals surface area contributed by atoms with Crippen LogP contribution in [0.5, 0.6) is 0 Å². The van der Waals surface area contributed by atoms with E-state index in [1.807, 2.05) is 0 Å². The second kappa shape index (κ2) is 36.7. The molecule has 0 aliphatic rings. The van der Waals surface area contributed by atoms with Gasteiger partial charge in [-0.2, -0.15) is 0 Å². The summed E-state index contributed by atoms with van der Waals surface area (Å²) in [7, 11) is 0. The molecule has 0 aromatic carbocycles. The van der Waals surface area contributed by atoms with Crippen LogP contribution in [0.4, 0.5) is 0 Å². The summed E-state index contributed by atoms with van der Waals surface area (Å²) in [5.41, 5.74) is 0. The van der Waals surface area contributed by atoms with Gasteiger partial charge in [-0.15, -0.1) is 0 Å². The van der Waals surface area contributed by atoms with Crippen molar-refractivity contribution in [2.75, 3.05) is 13.2 Å². The fraction of sp³-hybridized carbons (Fsp3) is 0.829. The zero-order valence-electron chi connectivity index (χ0n) is 31.0. The minimum atomic E-state index is -0.773. The van der Waals surface area contributed by atoms with E-state index >= 15 is 0 Å². The fourth-order valence-electron chi connectivity index (χ4n) is 5.48. The van der Waals surface area contributed by atoms with Crippen molar-refractivity contribution < 1.29 is 28.6 Å². The van der Waals surface area contributed by atoms with Gasteiger partial charge in [0.25, 0.3) is 0 Å². The van der Waals surface area contributed by atoms with Gasteiger partial charge in [0.15, 0.2) is 6.10 Å². The Morgan fingerprint density at radius 1 is 0.447 bits per heavy atom. The first-order valence-electron chi connectivity index (χ1n) is 19.8. The van der Waals surface area contributed by atoms with E-state index in [1.165, 1.54) is 89.9 Å². The quantitative estimate of drug-likeness (QED) is 0.0291. The lowest BCUT2D eigenvalue weighted by Gasteiger charge is -2.18. The lowest BCUT2D eigenvalue weighted by Crippen LogP contribution is -2.30. The molecule has 0 fully saturated rings. The molecule has 0 rings (SSSR count). The number of carbonyl (C=O) groups excluding carboxylic acids is 3. The molecule has 0 spiro atoms. The van der Waals surface area contributed by atoms with Gasteiger partial charge >= 0.3 is 17.9 Å². The van der Waals surface area contributed by atoms with E-state index in [0.29, 0.717) is 19.3 Å². The van der Waals surface area contributed by atoms with Gasteiger partial charge < -0.3 is 14.2 Å². The summed E-state index contributed by atoms with van der Waals surface area (Å²) in [4.78, 5) is 37.4. The van der Waals surface area contributed by atoms with Crippen LogP contribution >= 0.6 is 0 Å². The Labute approximate surface area is 290 Å². The van der Waals surface area contributed by atoms with Gasteiger partial charge in [0, 0.05) is 19.3 Å². The molecule has 0 aliphatic heterocycles. The zero-order chi connectivity index (χ0) is 34.5. The Balaban J connectivity index is 4.39. The van der Waals surface area contributed by atoms with E-state index in [9.17, 15) is 14.4 Å². The molecular weight excluding hydrogens is 588 g/mol. The van der Waals surface area contributed by atoms with Crippen LogP contribution in [0.25, 0.3) is 0 Å². The first kappa shape index (κ1) is 44.9.